The molecular weight excluding hydrogens is 361 g/mol. The third-order valence-corrected chi connectivity index (χ3v) is 4.43. The molecule has 7 heteroatoms. The van der Waals surface area contributed by atoms with Crippen LogP contribution in [0, 0.1) is 5.82 Å². The second kappa shape index (κ2) is 8.67. The maximum atomic E-state index is 13.4. The van der Waals surface area contributed by atoms with E-state index in [9.17, 15) is 9.18 Å². The molecule has 0 radical (unpaired) electrons. The number of nitrogens with zero attached hydrogens (tertiary/aromatic N) is 2. The molecule has 0 aliphatic heterocycles. The summed E-state index contributed by atoms with van der Waals surface area (Å²) >= 11 is 0. The molecule has 0 spiro atoms. The van der Waals surface area contributed by atoms with Gasteiger partial charge in [0, 0.05) is 23.7 Å². The van der Waals surface area contributed by atoms with Crippen molar-refractivity contribution in [2.24, 2.45) is 0 Å². The van der Waals surface area contributed by atoms with Crippen molar-refractivity contribution in [1.29, 1.82) is 0 Å². The lowest BCUT2D eigenvalue weighted by atomic mass is 10.0. The van der Waals surface area contributed by atoms with Crippen molar-refractivity contribution in [2.75, 3.05) is 27.7 Å². The van der Waals surface area contributed by atoms with Crippen molar-refractivity contribution in [1.82, 2.24) is 15.4 Å². The molecule has 1 unspecified atom stereocenters. The van der Waals surface area contributed by atoms with Crippen molar-refractivity contribution < 1.29 is 18.4 Å². The number of carbonyl (C=O) groups excluding carboxylic acids is 1. The maximum absolute atomic E-state index is 13.4. The molecule has 146 valence electrons. The Balaban J connectivity index is 1.72. The lowest BCUT2D eigenvalue weighted by Gasteiger charge is -2.26. The average Bonchev–Trinajstić information content (AvgIpc) is 3.18. The minimum atomic E-state index is -0.392. The van der Waals surface area contributed by atoms with Crippen LogP contribution in [0.2, 0.25) is 0 Å². The zero-order chi connectivity index (χ0) is 20.1. The fourth-order valence-corrected chi connectivity index (χ4v) is 2.95. The largest absolute Gasteiger partial charge is 0.496 e. The van der Waals surface area contributed by atoms with Gasteiger partial charge in [0.15, 0.2) is 0 Å². The van der Waals surface area contributed by atoms with Gasteiger partial charge in [-0.25, -0.2) is 4.39 Å². The van der Waals surface area contributed by atoms with Gasteiger partial charge in [-0.1, -0.05) is 35.5 Å². The van der Waals surface area contributed by atoms with E-state index in [1.807, 2.05) is 43.3 Å². The summed E-state index contributed by atoms with van der Waals surface area (Å²) in [5, 5.41) is 6.73. The monoisotopic (exact) mass is 383 g/mol. The number of likely N-dealkylation sites (N-methyl/N-ethyl adjacent to an activating group) is 1. The van der Waals surface area contributed by atoms with Gasteiger partial charge in [-0.3, -0.25) is 4.79 Å². The van der Waals surface area contributed by atoms with Crippen molar-refractivity contribution >= 4 is 5.91 Å². The van der Waals surface area contributed by atoms with Crippen molar-refractivity contribution in [3.05, 3.63) is 71.7 Å². The van der Waals surface area contributed by atoms with Crippen LogP contribution in [0.5, 0.6) is 5.75 Å². The van der Waals surface area contributed by atoms with E-state index in [0.717, 1.165) is 11.3 Å². The molecule has 0 saturated carbocycles. The number of amides is 1. The number of nitrogens with one attached hydrogen (secondary N) is 1. The van der Waals surface area contributed by atoms with Crippen LogP contribution in [-0.2, 0) is 0 Å². The Hall–Kier alpha value is -3.19. The van der Waals surface area contributed by atoms with E-state index in [0.29, 0.717) is 17.8 Å². The minimum absolute atomic E-state index is 0.0665. The van der Waals surface area contributed by atoms with E-state index in [4.69, 9.17) is 9.26 Å². The molecule has 0 aliphatic carbocycles. The molecule has 1 aromatic heterocycles. The van der Waals surface area contributed by atoms with E-state index in [2.05, 4.69) is 10.5 Å². The van der Waals surface area contributed by atoms with Crippen molar-refractivity contribution in [3.63, 3.8) is 0 Å². The van der Waals surface area contributed by atoms with Crippen molar-refractivity contribution in [3.8, 4) is 17.0 Å². The maximum Gasteiger partial charge on any atom is 0.289 e. The number of rotatable bonds is 7. The summed E-state index contributed by atoms with van der Waals surface area (Å²) in [5.41, 5.74) is 1.91. The van der Waals surface area contributed by atoms with E-state index in [1.165, 1.54) is 18.2 Å². The van der Waals surface area contributed by atoms with E-state index < -0.39 is 5.91 Å². The highest BCUT2D eigenvalue weighted by molar-refractivity contribution is 5.92. The smallest absolute Gasteiger partial charge is 0.289 e. The van der Waals surface area contributed by atoms with Crippen LogP contribution in [0.25, 0.3) is 11.3 Å². The highest BCUT2D eigenvalue weighted by atomic mass is 19.1. The molecule has 3 rings (SSSR count). The van der Waals surface area contributed by atoms with Crippen LogP contribution in [0.4, 0.5) is 4.39 Å². The first-order valence-corrected chi connectivity index (χ1v) is 8.79. The molecule has 0 fully saturated rings. The van der Waals surface area contributed by atoms with Crippen LogP contribution >= 0.6 is 0 Å². The predicted molar refractivity (Wildman–Crippen MR) is 104 cm³/mol. The molecule has 1 N–H and O–H groups in total. The fourth-order valence-electron chi connectivity index (χ4n) is 2.95. The summed E-state index contributed by atoms with van der Waals surface area (Å²) in [4.78, 5) is 14.5. The predicted octanol–water partition coefficient (Wildman–Crippen LogP) is 3.52. The third-order valence-electron chi connectivity index (χ3n) is 4.43. The van der Waals surface area contributed by atoms with Crippen LogP contribution in [0.15, 0.2) is 59.1 Å². The molecule has 0 aliphatic rings. The summed E-state index contributed by atoms with van der Waals surface area (Å²) in [6.07, 6.45) is 0. The zero-order valence-corrected chi connectivity index (χ0v) is 16.0. The number of aromatic nitrogens is 1. The third kappa shape index (κ3) is 4.37. The minimum Gasteiger partial charge on any atom is -0.496 e. The van der Waals surface area contributed by atoms with Gasteiger partial charge in [0.25, 0.3) is 5.91 Å². The number of ether oxygens (including phenoxy) is 1. The number of hydrogen-bond acceptors (Lipinski definition) is 5. The molecule has 1 atom stereocenters. The lowest BCUT2D eigenvalue weighted by Crippen LogP contribution is -2.34. The fraction of sp³-hybridized carbons (Fsp3) is 0.238. The van der Waals surface area contributed by atoms with E-state index >= 15 is 0 Å². The van der Waals surface area contributed by atoms with Gasteiger partial charge in [0.2, 0.25) is 5.76 Å². The number of benzene rings is 2. The Morgan fingerprint density at radius 2 is 2.00 bits per heavy atom. The van der Waals surface area contributed by atoms with E-state index in [-0.39, 0.29) is 17.6 Å². The summed E-state index contributed by atoms with van der Waals surface area (Å²) in [5.74, 6) is 0.0503. The van der Waals surface area contributed by atoms with Crippen LogP contribution in [-0.4, -0.2) is 43.7 Å². The number of carbonyl (C=O) groups is 1. The SMILES string of the molecule is COc1ccccc1C(CNC(=O)c1cc(-c2cccc(F)c2)no1)N(C)C. The van der Waals surface area contributed by atoms with Crippen LogP contribution < -0.4 is 10.1 Å². The highest BCUT2D eigenvalue weighted by Crippen LogP contribution is 2.27. The van der Waals surface area contributed by atoms with Gasteiger partial charge < -0.3 is 19.5 Å². The summed E-state index contributed by atoms with van der Waals surface area (Å²) in [6, 6.07) is 15.0. The van der Waals surface area contributed by atoms with Gasteiger partial charge in [-0.2, -0.15) is 0 Å². The first kappa shape index (κ1) is 19.6. The molecule has 1 amide bonds. The molecule has 0 bridgehead atoms. The van der Waals surface area contributed by atoms with Gasteiger partial charge >= 0.3 is 0 Å². The number of halogens is 1. The number of para-hydroxylation sites is 1. The number of hydrogen-bond donors (Lipinski definition) is 1. The molecule has 2 aromatic carbocycles. The Morgan fingerprint density at radius 1 is 1.21 bits per heavy atom. The Bertz CT molecular complexity index is 955. The van der Waals surface area contributed by atoms with Crippen LogP contribution in [0.3, 0.4) is 0 Å². The van der Waals surface area contributed by atoms with Gasteiger partial charge in [-0.05, 0) is 32.3 Å². The van der Waals surface area contributed by atoms with Crippen LogP contribution in [0.1, 0.15) is 22.2 Å². The first-order chi connectivity index (χ1) is 13.5. The average molecular weight is 383 g/mol. The molecule has 6 nitrogen and oxygen atoms in total. The van der Waals surface area contributed by atoms with Gasteiger partial charge in [0.1, 0.15) is 17.3 Å². The Labute approximate surface area is 162 Å². The summed E-state index contributed by atoms with van der Waals surface area (Å²) in [7, 11) is 5.48. The summed E-state index contributed by atoms with van der Waals surface area (Å²) in [6.45, 7) is 0.349. The summed E-state index contributed by atoms with van der Waals surface area (Å²) < 4.78 is 23.9. The molecular formula is C21H22FN3O3. The lowest BCUT2D eigenvalue weighted by molar-refractivity contribution is 0.0904. The van der Waals surface area contributed by atoms with E-state index in [1.54, 1.807) is 19.2 Å². The highest BCUT2D eigenvalue weighted by Gasteiger charge is 2.21. The molecule has 0 saturated heterocycles. The van der Waals surface area contributed by atoms with Gasteiger partial charge in [0.05, 0.1) is 13.2 Å². The molecule has 3 aromatic rings. The van der Waals surface area contributed by atoms with Gasteiger partial charge in [-0.15, -0.1) is 0 Å². The first-order valence-electron chi connectivity index (χ1n) is 8.79. The Morgan fingerprint density at radius 3 is 2.71 bits per heavy atom. The topological polar surface area (TPSA) is 67.6 Å². The second-order valence-corrected chi connectivity index (χ2v) is 6.52. The Kier molecular flexibility index (Phi) is 6.06. The quantitative estimate of drug-likeness (QED) is 0.676. The zero-order valence-electron chi connectivity index (χ0n) is 16.0. The molecule has 28 heavy (non-hydrogen) atoms. The second-order valence-electron chi connectivity index (χ2n) is 6.52. The number of methoxy groups -OCH3 is 1. The molecule has 1 heterocycles. The standard InChI is InChI=1S/C21H22FN3O3/c1-25(2)18(16-9-4-5-10-19(16)27-3)13-23-21(26)20-12-17(24-28-20)14-7-6-8-15(22)11-14/h4-12,18H,13H2,1-3H3,(H,23,26). The normalized spacial score (nSPS) is 12.0. The van der Waals surface area contributed by atoms with Crippen molar-refractivity contribution in [2.45, 2.75) is 6.04 Å².